The van der Waals surface area contributed by atoms with Crippen LogP contribution in [0.15, 0.2) is 30.3 Å². The van der Waals surface area contributed by atoms with E-state index in [1.807, 2.05) is 30.3 Å². The summed E-state index contributed by atoms with van der Waals surface area (Å²) in [6, 6.07) is 9.99. The molecule has 0 aliphatic rings. The van der Waals surface area contributed by atoms with E-state index in [1.54, 1.807) is 0 Å². The van der Waals surface area contributed by atoms with Crippen LogP contribution in [0.25, 0.3) is 0 Å². The lowest BCUT2D eigenvalue weighted by Crippen LogP contribution is -2.15. The zero-order chi connectivity index (χ0) is 25.5. The quantitative estimate of drug-likeness (QED) is 0.0973. The Balaban J connectivity index is 2.16. The van der Waals surface area contributed by atoms with E-state index in [2.05, 4.69) is 20.8 Å². The fourth-order valence-corrected chi connectivity index (χ4v) is 7.17. The molecule has 0 heterocycles. The van der Waals surface area contributed by atoms with Gasteiger partial charge < -0.3 is 4.52 Å². The van der Waals surface area contributed by atoms with Crippen molar-refractivity contribution < 1.29 is 9.09 Å². The van der Waals surface area contributed by atoms with Gasteiger partial charge in [-0.05, 0) is 30.9 Å². The molecular formula is C32H59O2P. The summed E-state index contributed by atoms with van der Waals surface area (Å²) < 4.78 is 20.1. The first-order chi connectivity index (χ1) is 17.2. The third-order valence-corrected chi connectivity index (χ3v) is 10.1. The molecular weight excluding hydrogens is 447 g/mol. The van der Waals surface area contributed by atoms with Gasteiger partial charge in [0.2, 0.25) is 7.37 Å². The molecule has 1 aromatic carbocycles. The Bertz CT molecular complexity index is 615. The maximum absolute atomic E-state index is 13.8. The van der Waals surface area contributed by atoms with Crippen LogP contribution in [0, 0.1) is 5.92 Å². The highest BCUT2D eigenvalue weighted by Gasteiger charge is 2.26. The van der Waals surface area contributed by atoms with Crippen molar-refractivity contribution >= 4 is 12.7 Å². The lowest BCUT2D eigenvalue weighted by molar-refractivity contribution is 0.238. The summed E-state index contributed by atoms with van der Waals surface area (Å²) in [5, 5.41) is 0.909. The first kappa shape index (κ1) is 32.4. The Hall–Kier alpha value is -0.590. The van der Waals surface area contributed by atoms with E-state index in [9.17, 15) is 4.57 Å². The van der Waals surface area contributed by atoms with Crippen LogP contribution < -0.4 is 5.30 Å². The molecule has 0 saturated carbocycles. The molecule has 0 bridgehead atoms. The van der Waals surface area contributed by atoms with Gasteiger partial charge in [0, 0.05) is 11.5 Å². The van der Waals surface area contributed by atoms with Crippen LogP contribution in [-0.4, -0.2) is 12.8 Å². The van der Waals surface area contributed by atoms with Gasteiger partial charge in [-0.1, -0.05) is 155 Å². The fourth-order valence-electron chi connectivity index (χ4n) is 4.92. The highest BCUT2D eigenvalue weighted by atomic mass is 31.2. The van der Waals surface area contributed by atoms with Gasteiger partial charge in [0.15, 0.2) is 0 Å². The number of rotatable bonds is 25. The summed E-state index contributed by atoms with van der Waals surface area (Å²) in [6.07, 6.45) is 27.2. The highest BCUT2D eigenvalue weighted by Crippen LogP contribution is 2.47. The molecule has 3 heteroatoms. The molecule has 1 rings (SSSR count). The normalized spacial score (nSPS) is 14.1. The van der Waals surface area contributed by atoms with E-state index in [1.165, 1.54) is 116 Å². The van der Waals surface area contributed by atoms with Gasteiger partial charge in [-0.15, -0.1) is 0 Å². The van der Waals surface area contributed by atoms with E-state index >= 15 is 0 Å². The molecule has 0 aromatic heterocycles. The van der Waals surface area contributed by atoms with Crippen LogP contribution in [0.2, 0.25) is 0 Å². The standard InChI is InChI=1S/C32H59O2P/c1-4-7-9-10-11-12-13-14-15-16-17-18-19-20-21-25-29-35(33,32-27-23-22-24-28-32)34-30-31(6-3)26-8-5-2/h22-24,27-28,31H,4-21,25-26,29-30H2,1-3H3. The van der Waals surface area contributed by atoms with Crippen molar-refractivity contribution in [2.75, 3.05) is 12.8 Å². The van der Waals surface area contributed by atoms with Crippen molar-refractivity contribution in [3.63, 3.8) is 0 Å². The Morgan fingerprint density at radius 2 is 1.09 bits per heavy atom. The summed E-state index contributed by atoms with van der Waals surface area (Å²) in [5.41, 5.74) is 0. The molecule has 204 valence electrons. The van der Waals surface area contributed by atoms with Crippen molar-refractivity contribution in [1.29, 1.82) is 0 Å². The maximum Gasteiger partial charge on any atom is 0.232 e. The van der Waals surface area contributed by atoms with E-state index in [0.29, 0.717) is 18.7 Å². The Labute approximate surface area is 219 Å². The predicted octanol–water partition coefficient (Wildman–Crippen LogP) is 11.1. The molecule has 0 N–H and O–H groups in total. The predicted molar refractivity (Wildman–Crippen MR) is 157 cm³/mol. The molecule has 2 atom stereocenters. The largest absolute Gasteiger partial charge is 0.325 e. The summed E-state index contributed by atoms with van der Waals surface area (Å²) in [7, 11) is -2.76. The molecule has 2 unspecified atom stereocenters. The number of hydrogen-bond donors (Lipinski definition) is 0. The molecule has 0 saturated heterocycles. The smallest absolute Gasteiger partial charge is 0.232 e. The first-order valence-electron chi connectivity index (χ1n) is 15.5. The zero-order valence-corrected chi connectivity index (χ0v) is 24.7. The fraction of sp³-hybridized carbons (Fsp3) is 0.812. The van der Waals surface area contributed by atoms with Gasteiger partial charge in [0.05, 0.1) is 6.61 Å². The van der Waals surface area contributed by atoms with Crippen molar-refractivity contribution in [3.05, 3.63) is 30.3 Å². The third kappa shape index (κ3) is 16.7. The Morgan fingerprint density at radius 3 is 1.54 bits per heavy atom. The van der Waals surface area contributed by atoms with Crippen LogP contribution >= 0.6 is 7.37 Å². The summed E-state index contributed by atoms with van der Waals surface area (Å²) in [5.74, 6) is 0.526. The lowest BCUT2D eigenvalue weighted by atomic mass is 10.0. The maximum atomic E-state index is 13.8. The van der Waals surface area contributed by atoms with Gasteiger partial charge in [-0.25, -0.2) is 0 Å². The van der Waals surface area contributed by atoms with Crippen LogP contribution in [0.5, 0.6) is 0 Å². The molecule has 0 aliphatic heterocycles. The molecule has 1 aromatic rings. The minimum absolute atomic E-state index is 0.526. The van der Waals surface area contributed by atoms with Crippen LogP contribution in [0.4, 0.5) is 0 Å². The van der Waals surface area contributed by atoms with Gasteiger partial charge in [-0.2, -0.15) is 0 Å². The van der Waals surface area contributed by atoms with Gasteiger partial charge >= 0.3 is 0 Å². The van der Waals surface area contributed by atoms with E-state index in [-0.39, 0.29) is 0 Å². The summed E-state index contributed by atoms with van der Waals surface area (Å²) in [4.78, 5) is 0. The highest BCUT2D eigenvalue weighted by molar-refractivity contribution is 7.67. The third-order valence-electron chi connectivity index (χ3n) is 7.52. The summed E-state index contributed by atoms with van der Waals surface area (Å²) in [6.45, 7) is 7.39. The van der Waals surface area contributed by atoms with E-state index in [4.69, 9.17) is 4.52 Å². The number of hydrogen-bond acceptors (Lipinski definition) is 2. The van der Waals surface area contributed by atoms with E-state index in [0.717, 1.165) is 18.1 Å². The molecule has 0 radical (unpaired) electrons. The van der Waals surface area contributed by atoms with E-state index < -0.39 is 7.37 Å². The van der Waals surface area contributed by atoms with Gasteiger partial charge in [-0.3, -0.25) is 4.57 Å². The van der Waals surface area contributed by atoms with Crippen LogP contribution in [0.3, 0.4) is 0 Å². The van der Waals surface area contributed by atoms with Crippen molar-refractivity contribution in [3.8, 4) is 0 Å². The van der Waals surface area contributed by atoms with Crippen molar-refractivity contribution in [2.24, 2.45) is 5.92 Å². The molecule has 0 spiro atoms. The van der Waals surface area contributed by atoms with Crippen LogP contribution in [-0.2, 0) is 9.09 Å². The lowest BCUT2D eigenvalue weighted by Gasteiger charge is -2.22. The van der Waals surface area contributed by atoms with Crippen molar-refractivity contribution in [2.45, 2.75) is 149 Å². The zero-order valence-electron chi connectivity index (χ0n) is 23.8. The van der Waals surface area contributed by atoms with Gasteiger partial charge in [0.1, 0.15) is 0 Å². The van der Waals surface area contributed by atoms with Gasteiger partial charge in [0.25, 0.3) is 0 Å². The Kier molecular flexibility index (Phi) is 20.9. The monoisotopic (exact) mass is 506 g/mol. The second-order valence-electron chi connectivity index (χ2n) is 10.7. The minimum Gasteiger partial charge on any atom is -0.325 e. The average Bonchev–Trinajstić information content (AvgIpc) is 2.89. The SMILES string of the molecule is CCCCCCCCCCCCCCCCCCP(=O)(OCC(CC)CCCC)c1ccccc1. The topological polar surface area (TPSA) is 26.3 Å². The second-order valence-corrected chi connectivity index (χ2v) is 13.3. The van der Waals surface area contributed by atoms with Crippen molar-refractivity contribution in [1.82, 2.24) is 0 Å². The molecule has 2 nitrogen and oxygen atoms in total. The average molecular weight is 507 g/mol. The molecule has 35 heavy (non-hydrogen) atoms. The second kappa shape index (κ2) is 22.6. The summed E-state index contributed by atoms with van der Waals surface area (Å²) >= 11 is 0. The first-order valence-corrected chi connectivity index (χ1v) is 17.3. The molecule has 0 amide bonds. The number of unbranched alkanes of at least 4 members (excludes halogenated alkanes) is 16. The minimum atomic E-state index is -2.76. The number of benzene rings is 1. The molecule has 0 aliphatic carbocycles. The Morgan fingerprint density at radius 1 is 0.629 bits per heavy atom. The van der Waals surface area contributed by atoms with Crippen LogP contribution in [0.1, 0.15) is 149 Å². The molecule has 0 fully saturated rings.